The van der Waals surface area contributed by atoms with Crippen molar-refractivity contribution in [2.45, 2.75) is 26.0 Å². The largest absolute Gasteiger partial charge is 0.507 e. The van der Waals surface area contributed by atoms with Gasteiger partial charge in [-0.25, -0.2) is 0 Å². The summed E-state index contributed by atoms with van der Waals surface area (Å²) in [5, 5.41) is 11.3. The van der Waals surface area contributed by atoms with Crippen LogP contribution in [0.3, 0.4) is 0 Å². The van der Waals surface area contributed by atoms with Gasteiger partial charge in [-0.2, -0.15) is 0 Å². The molecule has 1 amide bonds. The van der Waals surface area contributed by atoms with E-state index in [1.54, 1.807) is 12.1 Å². The van der Waals surface area contributed by atoms with Crippen molar-refractivity contribution in [3.8, 4) is 5.75 Å². The topological polar surface area (TPSA) is 76.1 Å². The zero-order chi connectivity index (χ0) is 21.8. The first-order chi connectivity index (χ1) is 14.3. The van der Waals surface area contributed by atoms with Crippen molar-refractivity contribution >= 4 is 29.1 Å². The van der Waals surface area contributed by atoms with Crippen LogP contribution in [0.5, 0.6) is 5.75 Å². The highest BCUT2D eigenvalue weighted by Crippen LogP contribution is 2.40. The number of halogens is 1. The number of nitrogens with zero attached hydrogens (tertiary/aromatic N) is 1. The van der Waals surface area contributed by atoms with Gasteiger partial charge in [0, 0.05) is 12.1 Å². The molecule has 1 fully saturated rings. The van der Waals surface area contributed by atoms with Gasteiger partial charge in [0.25, 0.3) is 11.7 Å². The van der Waals surface area contributed by atoms with Crippen LogP contribution in [0.2, 0.25) is 5.02 Å². The monoisotopic (exact) mass is 429 g/mol. The second-order valence-corrected chi connectivity index (χ2v) is 7.58. The molecule has 2 aromatic rings. The number of amides is 1. The maximum Gasteiger partial charge on any atom is 0.295 e. The Hall–Kier alpha value is -2.83. The van der Waals surface area contributed by atoms with Crippen molar-refractivity contribution in [1.82, 2.24) is 4.90 Å². The number of aliphatic hydroxyl groups is 1. The van der Waals surface area contributed by atoms with Crippen LogP contribution in [0.25, 0.3) is 5.76 Å². The molecule has 3 rings (SSSR count). The van der Waals surface area contributed by atoms with Gasteiger partial charge in [0.2, 0.25) is 0 Å². The first-order valence-corrected chi connectivity index (χ1v) is 10.0. The zero-order valence-corrected chi connectivity index (χ0v) is 17.8. The minimum atomic E-state index is -0.738. The second kappa shape index (κ2) is 9.32. The fourth-order valence-corrected chi connectivity index (χ4v) is 3.71. The number of ketones is 1. The third-order valence-corrected chi connectivity index (χ3v) is 5.16. The molecule has 0 saturated carbocycles. The number of rotatable bonds is 7. The normalized spacial score (nSPS) is 18.3. The summed E-state index contributed by atoms with van der Waals surface area (Å²) in [7, 11) is 1.49. The van der Waals surface area contributed by atoms with Crippen LogP contribution < -0.4 is 4.74 Å². The molecule has 1 N–H and O–H groups in total. The van der Waals surface area contributed by atoms with Crippen molar-refractivity contribution in [1.29, 1.82) is 0 Å². The Kier molecular flexibility index (Phi) is 6.80. The number of aliphatic hydroxyl groups excluding tert-OH is 1. The van der Waals surface area contributed by atoms with Gasteiger partial charge in [-0.3, -0.25) is 9.59 Å². The smallest absolute Gasteiger partial charge is 0.295 e. The summed E-state index contributed by atoms with van der Waals surface area (Å²) in [6.07, 6.45) is -0.00145. The molecular weight excluding hydrogens is 406 g/mol. The fourth-order valence-electron chi connectivity index (χ4n) is 3.45. The van der Waals surface area contributed by atoms with Crippen LogP contribution in [0.4, 0.5) is 0 Å². The van der Waals surface area contributed by atoms with E-state index in [2.05, 4.69) is 0 Å². The lowest BCUT2D eigenvalue weighted by Crippen LogP contribution is -2.33. The number of methoxy groups -OCH3 is 1. The average Bonchev–Trinajstić information content (AvgIpc) is 2.98. The fraction of sp³-hybridized carbons (Fsp3) is 0.304. The molecule has 1 atom stereocenters. The second-order valence-electron chi connectivity index (χ2n) is 7.17. The predicted molar refractivity (Wildman–Crippen MR) is 115 cm³/mol. The van der Waals surface area contributed by atoms with Crippen molar-refractivity contribution in [3.63, 3.8) is 0 Å². The van der Waals surface area contributed by atoms with Gasteiger partial charge >= 0.3 is 0 Å². The number of hydrogen-bond acceptors (Lipinski definition) is 5. The zero-order valence-electron chi connectivity index (χ0n) is 17.1. The van der Waals surface area contributed by atoms with E-state index in [0.29, 0.717) is 11.3 Å². The first-order valence-electron chi connectivity index (χ1n) is 9.64. The van der Waals surface area contributed by atoms with Crippen LogP contribution in [-0.2, 0) is 14.3 Å². The lowest BCUT2D eigenvalue weighted by atomic mass is 9.95. The maximum atomic E-state index is 12.9. The molecule has 2 aromatic carbocycles. The number of carbonyl (C=O) groups is 2. The summed E-state index contributed by atoms with van der Waals surface area (Å²) in [5.74, 6) is -1.24. The van der Waals surface area contributed by atoms with E-state index >= 15 is 0 Å². The molecule has 0 aromatic heterocycles. The SMILES string of the molecule is COc1ccc(/C(O)=C2/C(=O)C(=O)N(CCOC(C)C)C2c2ccccc2)cc1Cl. The molecule has 0 bridgehead atoms. The van der Waals surface area contributed by atoms with Gasteiger partial charge in [0.1, 0.15) is 11.5 Å². The van der Waals surface area contributed by atoms with E-state index in [4.69, 9.17) is 21.1 Å². The van der Waals surface area contributed by atoms with Crippen molar-refractivity contribution in [3.05, 3.63) is 70.3 Å². The molecule has 0 radical (unpaired) electrons. The number of benzene rings is 2. The number of hydrogen-bond donors (Lipinski definition) is 1. The Morgan fingerprint density at radius 2 is 1.87 bits per heavy atom. The Morgan fingerprint density at radius 3 is 2.47 bits per heavy atom. The summed E-state index contributed by atoms with van der Waals surface area (Å²) in [4.78, 5) is 27.2. The number of ether oxygens (including phenoxy) is 2. The Labute approximate surface area is 180 Å². The molecule has 6 nitrogen and oxygen atoms in total. The van der Waals surface area contributed by atoms with Crippen LogP contribution in [0.1, 0.15) is 31.0 Å². The standard InChI is InChI=1S/C23H24ClNO5/c1-14(2)30-12-11-25-20(15-7-5-4-6-8-15)19(22(27)23(25)28)21(26)16-9-10-18(29-3)17(24)13-16/h4-10,13-14,20,26H,11-12H2,1-3H3/b21-19-. The molecular formula is C23H24ClNO5. The number of carbonyl (C=O) groups excluding carboxylic acids is 2. The Balaban J connectivity index is 2.08. The van der Waals surface area contributed by atoms with E-state index in [1.165, 1.54) is 18.1 Å². The van der Waals surface area contributed by atoms with E-state index in [1.807, 2.05) is 44.2 Å². The highest BCUT2D eigenvalue weighted by atomic mass is 35.5. The number of likely N-dealkylation sites (tertiary alicyclic amines) is 1. The molecule has 1 aliphatic heterocycles. The third kappa shape index (κ3) is 4.35. The Bertz CT molecular complexity index is 971. The highest BCUT2D eigenvalue weighted by molar-refractivity contribution is 6.46. The first kappa shape index (κ1) is 21.9. The van der Waals surface area contributed by atoms with E-state index in [0.717, 1.165) is 5.56 Å². The summed E-state index contributed by atoms with van der Waals surface area (Å²) < 4.78 is 10.7. The summed E-state index contributed by atoms with van der Waals surface area (Å²) in [6, 6.07) is 13.1. The minimum absolute atomic E-state index is 0.00145. The molecule has 0 aliphatic carbocycles. The molecule has 1 saturated heterocycles. The van der Waals surface area contributed by atoms with Crippen LogP contribution in [0.15, 0.2) is 54.1 Å². The summed E-state index contributed by atoms with van der Waals surface area (Å²) >= 11 is 6.19. The van der Waals surface area contributed by atoms with Crippen LogP contribution in [0, 0.1) is 0 Å². The Morgan fingerprint density at radius 1 is 1.17 bits per heavy atom. The van der Waals surface area contributed by atoms with Gasteiger partial charge in [-0.05, 0) is 37.6 Å². The quantitative estimate of drug-likeness (QED) is 0.405. The van der Waals surface area contributed by atoms with Gasteiger partial charge in [0.05, 0.1) is 36.5 Å². The molecule has 158 valence electrons. The summed E-state index contributed by atoms with van der Waals surface area (Å²) in [6.45, 7) is 4.30. The van der Waals surface area contributed by atoms with Crippen LogP contribution >= 0.6 is 11.6 Å². The van der Waals surface area contributed by atoms with Gasteiger partial charge in [0.15, 0.2) is 0 Å². The third-order valence-electron chi connectivity index (χ3n) is 4.86. The molecule has 30 heavy (non-hydrogen) atoms. The van der Waals surface area contributed by atoms with Gasteiger partial charge in [-0.1, -0.05) is 41.9 Å². The molecule has 1 heterocycles. The average molecular weight is 430 g/mol. The predicted octanol–water partition coefficient (Wildman–Crippen LogP) is 4.20. The lowest BCUT2D eigenvalue weighted by molar-refractivity contribution is -0.140. The van der Waals surface area contributed by atoms with Gasteiger partial charge in [-0.15, -0.1) is 0 Å². The van der Waals surface area contributed by atoms with E-state index in [9.17, 15) is 14.7 Å². The minimum Gasteiger partial charge on any atom is -0.507 e. The van der Waals surface area contributed by atoms with E-state index < -0.39 is 17.7 Å². The maximum absolute atomic E-state index is 12.9. The van der Waals surface area contributed by atoms with Crippen molar-refractivity contribution in [2.75, 3.05) is 20.3 Å². The number of Topliss-reactive ketones (excluding diaryl/α,β-unsaturated/α-hetero) is 1. The van der Waals surface area contributed by atoms with E-state index in [-0.39, 0.29) is 35.6 Å². The molecule has 1 unspecified atom stereocenters. The molecule has 7 heteroatoms. The lowest BCUT2D eigenvalue weighted by Gasteiger charge is -2.25. The van der Waals surface area contributed by atoms with Crippen molar-refractivity contribution < 1.29 is 24.2 Å². The molecule has 0 spiro atoms. The van der Waals surface area contributed by atoms with Crippen LogP contribution in [-0.4, -0.2) is 48.1 Å². The van der Waals surface area contributed by atoms with Crippen molar-refractivity contribution in [2.24, 2.45) is 0 Å². The highest BCUT2D eigenvalue weighted by Gasteiger charge is 2.45. The van der Waals surface area contributed by atoms with Gasteiger partial charge < -0.3 is 19.5 Å². The summed E-state index contributed by atoms with van der Waals surface area (Å²) in [5.41, 5.74) is 1.08. The molecule has 1 aliphatic rings.